The summed E-state index contributed by atoms with van der Waals surface area (Å²) >= 11 is 0. The molecule has 6 atom stereocenters. The first-order chi connectivity index (χ1) is 63.8. The normalized spacial score (nSPS) is 13.0. The monoisotopic (exact) mass is 1860 g/mol. The van der Waals surface area contributed by atoms with Gasteiger partial charge in [0.05, 0.1) is 73.4 Å². The lowest BCUT2D eigenvalue weighted by molar-refractivity contribution is 0.0343. The average molecular weight is 1860 g/mol. The number of ether oxygens (including phenoxy) is 12. The zero-order chi connectivity index (χ0) is 99.3. The van der Waals surface area contributed by atoms with E-state index in [0.29, 0.717) is 181 Å². The molecule has 30 heteroatoms. The molecule has 0 bridgehead atoms. The highest BCUT2D eigenvalue weighted by Gasteiger charge is 2.25. The van der Waals surface area contributed by atoms with E-state index >= 15 is 0 Å². The van der Waals surface area contributed by atoms with Crippen LogP contribution in [0.15, 0.2) is 109 Å². The highest BCUT2D eigenvalue weighted by atomic mass is 16.6. The second-order valence-electron chi connectivity index (χ2n) is 32.4. The molecule has 6 aromatic carbocycles. The SMILES string of the molecule is CCCCOc1cc(C(=O)OC[C@H](C)N(CC)CC)ccc1N.CCCCOc1cc(N)ccc1C(=O)OC[C@H](C)N(CC)CC.CCCOc1cc(C(=O)OC[C@H](C)N(CC)CC)ccc1N.CCCOc1cc(N)ccc1C(=O)OC[C@H](C)N(CC)CC.CCOc1cc(C(=O)OC[C@H](C)N2CCCCC2)ccc1N.CCOc1cc(N)ccc1C(=O)OC[C@H](C)N(CC)CC. The van der Waals surface area contributed by atoms with Crippen molar-refractivity contribution in [3.8, 4) is 34.5 Å². The Labute approximate surface area is 796 Å². The van der Waals surface area contributed by atoms with Crippen LogP contribution in [0.3, 0.4) is 0 Å². The third kappa shape index (κ3) is 44.5. The first kappa shape index (κ1) is 119. The van der Waals surface area contributed by atoms with Gasteiger partial charge in [-0.2, -0.15) is 0 Å². The fraction of sp³-hybridized carbons (Fsp3) is 0.592. The van der Waals surface area contributed by atoms with Crippen molar-refractivity contribution in [3.63, 3.8) is 0 Å². The summed E-state index contributed by atoms with van der Waals surface area (Å²) < 4.78 is 65.8. The predicted molar refractivity (Wildman–Crippen MR) is 538 cm³/mol. The van der Waals surface area contributed by atoms with Crippen LogP contribution in [0.1, 0.15) is 272 Å². The molecule has 0 aromatic heterocycles. The number of likely N-dealkylation sites (N-methyl/N-ethyl adjacent to an activating group) is 5. The van der Waals surface area contributed by atoms with Gasteiger partial charge >= 0.3 is 35.8 Å². The minimum absolute atomic E-state index is 0.187. The minimum Gasteiger partial charge on any atom is -0.493 e. The Hall–Kier alpha value is -10.5. The maximum absolute atomic E-state index is 12.4. The van der Waals surface area contributed by atoms with E-state index in [1.807, 2.05) is 34.6 Å². The topological polar surface area (TPSA) is 389 Å². The number of rotatable bonds is 52. The number of carbonyl (C=O) groups is 6. The Balaban J connectivity index is 0.000000540. The highest BCUT2D eigenvalue weighted by molar-refractivity contribution is 5.95. The van der Waals surface area contributed by atoms with Gasteiger partial charge in [0.2, 0.25) is 0 Å². The van der Waals surface area contributed by atoms with Crippen LogP contribution in [0.2, 0.25) is 0 Å². The fourth-order valence-electron chi connectivity index (χ4n) is 14.1. The van der Waals surface area contributed by atoms with E-state index in [9.17, 15) is 28.8 Å². The Bertz CT molecular complexity index is 4250. The summed E-state index contributed by atoms with van der Waals surface area (Å²) in [6.07, 6.45) is 9.47. The van der Waals surface area contributed by atoms with Crippen LogP contribution < -0.4 is 62.8 Å². The molecule has 0 aliphatic carbocycles. The van der Waals surface area contributed by atoms with Crippen LogP contribution in [-0.4, -0.2) is 259 Å². The molecule has 0 spiro atoms. The molecule has 0 amide bonds. The molecule has 30 nitrogen and oxygen atoms in total. The van der Waals surface area contributed by atoms with Gasteiger partial charge in [0.1, 0.15) is 90.8 Å². The van der Waals surface area contributed by atoms with Gasteiger partial charge in [-0.3, -0.25) is 29.4 Å². The summed E-state index contributed by atoms with van der Waals surface area (Å²) in [5.74, 6) is 0.936. The summed E-state index contributed by atoms with van der Waals surface area (Å²) in [4.78, 5) is 86.9. The number of unbranched alkanes of at least 4 members (excludes halogenated alkanes) is 2. The Morgan fingerprint density at radius 3 is 0.812 bits per heavy atom. The lowest BCUT2D eigenvalue weighted by Crippen LogP contribution is -2.40. The first-order valence-electron chi connectivity index (χ1n) is 48.4. The molecule has 1 aliphatic heterocycles. The van der Waals surface area contributed by atoms with Gasteiger partial charge in [-0.1, -0.05) is 116 Å². The van der Waals surface area contributed by atoms with Gasteiger partial charge in [0.15, 0.2) is 0 Å². The minimum atomic E-state index is -0.377. The second-order valence-corrected chi connectivity index (χ2v) is 32.4. The Morgan fingerprint density at radius 1 is 0.286 bits per heavy atom. The van der Waals surface area contributed by atoms with Crippen molar-refractivity contribution in [2.45, 2.75) is 246 Å². The van der Waals surface area contributed by atoms with Gasteiger partial charge in [-0.05, 0) is 263 Å². The molecule has 0 unspecified atom stereocenters. The largest absolute Gasteiger partial charge is 0.493 e. The summed E-state index contributed by atoms with van der Waals surface area (Å²) in [6, 6.07) is 31.2. The van der Waals surface area contributed by atoms with Crippen molar-refractivity contribution < 1.29 is 85.6 Å². The van der Waals surface area contributed by atoms with Crippen LogP contribution >= 0.6 is 0 Å². The van der Waals surface area contributed by atoms with Gasteiger partial charge in [-0.15, -0.1) is 0 Å². The molecule has 1 fully saturated rings. The number of hydrogen-bond acceptors (Lipinski definition) is 30. The third-order valence-corrected chi connectivity index (χ3v) is 22.4. The van der Waals surface area contributed by atoms with E-state index in [4.69, 9.17) is 91.2 Å². The van der Waals surface area contributed by atoms with Crippen LogP contribution in [0.25, 0.3) is 0 Å². The van der Waals surface area contributed by atoms with E-state index < -0.39 is 0 Å². The Morgan fingerprint density at radius 2 is 0.534 bits per heavy atom. The molecule has 748 valence electrons. The molecule has 0 radical (unpaired) electrons. The number of nitrogens with zero attached hydrogens (tertiary/aromatic N) is 6. The number of piperidine rings is 1. The predicted octanol–water partition coefficient (Wildman–Crippen LogP) is 17.8. The van der Waals surface area contributed by atoms with Crippen molar-refractivity contribution in [2.24, 2.45) is 0 Å². The number of anilines is 6. The fourth-order valence-corrected chi connectivity index (χ4v) is 14.1. The van der Waals surface area contributed by atoms with Gasteiger partial charge in [0.25, 0.3) is 0 Å². The summed E-state index contributed by atoms with van der Waals surface area (Å²) in [6.45, 7) is 62.3. The number of carbonyl (C=O) groups excluding carboxylic acids is 6. The molecule has 1 saturated heterocycles. The molecule has 0 saturated carbocycles. The molecule has 7 rings (SSSR count). The third-order valence-electron chi connectivity index (χ3n) is 22.4. The van der Waals surface area contributed by atoms with Crippen molar-refractivity contribution in [2.75, 3.05) is 192 Å². The van der Waals surface area contributed by atoms with Gasteiger partial charge < -0.3 is 91.2 Å². The van der Waals surface area contributed by atoms with E-state index in [-0.39, 0.29) is 72.1 Å². The molecule has 1 heterocycles. The zero-order valence-electron chi connectivity index (χ0n) is 84.7. The number of benzene rings is 6. The van der Waals surface area contributed by atoms with Crippen LogP contribution in [0.5, 0.6) is 34.5 Å². The van der Waals surface area contributed by atoms with E-state index in [1.54, 1.807) is 109 Å². The van der Waals surface area contributed by atoms with Crippen LogP contribution in [0, 0.1) is 0 Å². The molecule has 133 heavy (non-hydrogen) atoms. The quantitative estimate of drug-likeness (QED) is 0.00894. The van der Waals surface area contributed by atoms with Crippen LogP contribution in [0.4, 0.5) is 34.1 Å². The first-order valence-corrected chi connectivity index (χ1v) is 48.4. The summed E-state index contributed by atoms with van der Waals surface area (Å²) in [5.41, 5.74) is 40.8. The molecular weight excluding hydrogens is 1690 g/mol. The Kier molecular flexibility index (Phi) is 61.1. The number of nitrogens with two attached hydrogens (primary N) is 6. The van der Waals surface area contributed by atoms with Crippen molar-refractivity contribution in [1.29, 1.82) is 0 Å². The van der Waals surface area contributed by atoms with Crippen molar-refractivity contribution >= 4 is 69.9 Å². The maximum Gasteiger partial charge on any atom is 0.341 e. The standard InChI is InChI=1S/2C18H30N2O3.C17H26N2O3.2C17H28N2O3.C16H26N2O3/c1-5-8-11-22-17-12-15(19)9-10-16(17)18(21)23-13-14(4)20(6-2)7-3;1-5-8-11-22-17-12-15(9-10-16(17)19)18(21)23-13-14(4)20(6-2)7-3;1-3-21-16-11-14(7-8-15(16)18)17(20)22-12-13(2)19-9-5-4-6-10-19;1-5-10-21-16-11-14(18)8-9-15(16)17(20)22-12-13(4)19(6-2)7-3;1-5-10-21-16-11-14(8-9-15(16)18)17(20)22-12-13(4)19(6-2)7-3;1-5-18(6-2)12(4)11-21-16(19)14-9-8-13(17)10-15(14)20-7-3/h2*9-10,12,14H,5-8,11,13,19H2,1-4H3;7-8,11,13H,3-6,9-10,12,18H2,1-2H3;2*8-9,11,13H,5-7,10,12,18H2,1-4H3;8-10,12H,5-7,11,17H2,1-4H3/t2*14-;3*13-;12-/m000000/s1. The molecule has 6 aromatic rings. The van der Waals surface area contributed by atoms with Crippen LogP contribution in [-0.2, 0) is 28.4 Å². The average Bonchev–Trinajstić information content (AvgIpc) is 0.863. The lowest BCUT2D eigenvalue weighted by atomic mass is 10.1. The summed E-state index contributed by atoms with van der Waals surface area (Å²) in [5, 5.41) is 0. The number of likely N-dealkylation sites (tertiary alicyclic amines) is 1. The van der Waals surface area contributed by atoms with Gasteiger partial charge in [-0.25, -0.2) is 28.8 Å². The van der Waals surface area contributed by atoms with Gasteiger partial charge in [0, 0.05) is 71.5 Å². The zero-order valence-corrected chi connectivity index (χ0v) is 84.7. The molecular formula is C103H168N12O18. The molecule has 1 aliphatic rings. The number of nitrogen functional groups attached to an aromatic ring is 6. The van der Waals surface area contributed by atoms with Crippen molar-refractivity contribution in [1.82, 2.24) is 29.4 Å². The maximum atomic E-state index is 12.4. The number of esters is 6. The highest BCUT2D eigenvalue weighted by Crippen LogP contribution is 2.30. The second kappa shape index (κ2) is 68.5. The van der Waals surface area contributed by atoms with Crippen molar-refractivity contribution in [3.05, 3.63) is 143 Å². The summed E-state index contributed by atoms with van der Waals surface area (Å²) in [7, 11) is 0. The lowest BCUT2D eigenvalue weighted by Gasteiger charge is -2.31. The number of hydrogen-bond donors (Lipinski definition) is 6. The van der Waals surface area contributed by atoms with E-state index in [0.717, 1.165) is 117 Å². The van der Waals surface area contributed by atoms with E-state index in [1.165, 1.54) is 19.3 Å². The van der Waals surface area contributed by atoms with E-state index in [2.05, 4.69) is 147 Å². The smallest absolute Gasteiger partial charge is 0.341 e. The molecule has 12 N–H and O–H groups in total.